The van der Waals surface area contributed by atoms with Crippen molar-refractivity contribution in [1.29, 1.82) is 0 Å². The van der Waals surface area contributed by atoms with E-state index in [0.717, 1.165) is 38.9 Å². The van der Waals surface area contributed by atoms with Crippen LogP contribution in [-0.2, 0) is 34.1 Å². The second kappa shape index (κ2) is 19.1. The first-order chi connectivity index (χ1) is 28.8. The molecule has 1 aliphatic heterocycles. The second-order valence-corrected chi connectivity index (χ2v) is 14.4. The maximum atomic E-state index is 12.7. The van der Waals surface area contributed by atoms with Gasteiger partial charge in [-0.05, 0) is 69.6 Å². The van der Waals surface area contributed by atoms with Crippen LogP contribution in [0.1, 0.15) is 53.5 Å². The van der Waals surface area contributed by atoms with Gasteiger partial charge in [-0.15, -0.1) is 0 Å². The van der Waals surface area contributed by atoms with Crippen LogP contribution in [0.5, 0.6) is 11.5 Å². The summed E-state index contributed by atoms with van der Waals surface area (Å²) in [5.74, 6) is 0.710. The number of nitrogens with one attached hydrogen (secondary N) is 1. The Hall–Kier alpha value is -6.08. The highest BCUT2D eigenvalue weighted by atomic mass is 16.7. The summed E-state index contributed by atoms with van der Waals surface area (Å²) in [6, 6.07) is 40.2. The molecule has 1 fully saturated rings. The number of esters is 1. The Labute approximate surface area is 343 Å². The highest BCUT2D eigenvalue weighted by Crippen LogP contribution is 2.45. The number of carbonyl (C=O) groups is 2. The Morgan fingerprint density at radius 1 is 0.746 bits per heavy atom. The first kappa shape index (κ1) is 41.1. The molecule has 0 spiro atoms. The largest absolute Gasteiger partial charge is 0.497 e. The number of hydrogen-bond donors (Lipinski definition) is 1. The van der Waals surface area contributed by atoms with Crippen molar-refractivity contribution >= 4 is 12.1 Å². The summed E-state index contributed by atoms with van der Waals surface area (Å²) in [7, 11) is 3.21. The maximum absolute atomic E-state index is 12.7. The fraction of sp³-hybridized carbons (Fsp3) is 0.319. The van der Waals surface area contributed by atoms with Gasteiger partial charge in [0.15, 0.2) is 12.4 Å². The molecule has 0 aromatic heterocycles. The number of nitroso groups, excluding NO2 is 1. The van der Waals surface area contributed by atoms with Gasteiger partial charge in [0.25, 0.3) is 0 Å². The number of hydrogen-bond acceptors (Lipinski definition) is 11. The third kappa shape index (κ3) is 9.15. The van der Waals surface area contributed by atoms with Gasteiger partial charge in [0.2, 0.25) is 0 Å². The number of rotatable bonds is 17. The highest BCUT2D eigenvalue weighted by molar-refractivity contribution is 5.79. The fourth-order valence-electron chi connectivity index (χ4n) is 8.01. The van der Waals surface area contributed by atoms with Crippen molar-refractivity contribution < 1.29 is 42.7 Å². The summed E-state index contributed by atoms with van der Waals surface area (Å²) < 4.78 is 41.8. The predicted octanol–water partition coefficient (Wildman–Crippen LogP) is 8.14. The molecule has 7 rings (SSSR count). The zero-order chi connectivity index (χ0) is 41.2. The Balaban J connectivity index is 1.02. The number of carbonyl (C=O) groups excluding carboxylic acids is 2. The van der Waals surface area contributed by atoms with Gasteiger partial charge in [0.05, 0.1) is 27.4 Å². The van der Waals surface area contributed by atoms with Crippen molar-refractivity contribution in [3.8, 4) is 22.6 Å². The van der Waals surface area contributed by atoms with Gasteiger partial charge < -0.3 is 38.5 Å². The van der Waals surface area contributed by atoms with E-state index in [1.807, 2.05) is 103 Å². The third-order valence-electron chi connectivity index (χ3n) is 10.8. The van der Waals surface area contributed by atoms with E-state index in [1.54, 1.807) is 14.2 Å². The normalized spacial score (nSPS) is 18.6. The molecular weight excluding hydrogens is 753 g/mol. The van der Waals surface area contributed by atoms with Gasteiger partial charge in [-0.2, -0.15) is 4.91 Å². The van der Waals surface area contributed by atoms with E-state index in [1.165, 1.54) is 6.92 Å². The van der Waals surface area contributed by atoms with Crippen LogP contribution in [0.4, 0.5) is 4.79 Å². The van der Waals surface area contributed by atoms with Crippen LogP contribution in [0.3, 0.4) is 0 Å². The van der Waals surface area contributed by atoms with E-state index in [4.69, 9.17) is 33.2 Å². The number of benzene rings is 5. The van der Waals surface area contributed by atoms with E-state index >= 15 is 0 Å². The fourth-order valence-corrected chi connectivity index (χ4v) is 8.01. The molecule has 5 aromatic rings. The predicted molar refractivity (Wildman–Crippen MR) is 220 cm³/mol. The lowest BCUT2D eigenvalue weighted by molar-refractivity contribution is -0.247. The number of methoxy groups -OCH3 is 2. The molecule has 1 heterocycles. The zero-order valence-corrected chi connectivity index (χ0v) is 33.3. The standard InChI is InChI=1S/C47H48N2O10/c1-31(50)58-45-42(49-52)28-44(55-27-11-26-48-46(51)56-29-41-39-16-9-7-14-37(39)38-15-8-10-17-40(38)41)59-43(45)30-57-47(32-12-5-4-6-13-32,33-18-22-35(53-2)23-19-33)34-20-24-36(54-3)25-21-34/h4-10,12-25,41-45H,11,26-30H2,1-3H3,(H,48,51)/t42?,43-,44?,45?/m1/s1. The quantitative estimate of drug-likeness (QED) is 0.0424. The van der Waals surface area contributed by atoms with E-state index < -0.39 is 42.2 Å². The number of fused-ring (bicyclic) bond motifs is 3. The third-order valence-corrected chi connectivity index (χ3v) is 10.8. The van der Waals surface area contributed by atoms with Gasteiger partial charge in [-0.3, -0.25) is 4.79 Å². The first-order valence-corrected chi connectivity index (χ1v) is 19.7. The monoisotopic (exact) mass is 800 g/mol. The van der Waals surface area contributed by atoms with Crippen molar-refractivity contribution in [2.75, 3.05) is 40.6 Å². The summed E-state index contributed by atoms with van der Waals surface area (Å²) in [4.78, 5) is 37.4. The molecule has 0 bridgehead atoms. The summed E-state index contributed by atoms with van der Waals surface area (Å²) in [6.45, 7) is 1.83. The second-order valence-electron chi connectivity index (χ2n) is 14.4. The molecule has 5 aromatic carbocycles. The molecule has 3 unspecified atom stereocenters. The zero-order valence-electron chi connectivity index (χ0n) is 33.3. The van der Waals surface area contributed by atoms with E-state index in [0.29, 0.717) is 17.9 Å². The summed E-state index contributed by atoms with van der Waals surface area (Å²) in [5, 5.41) is 6.15. The van der Waals surface area contributed by atoms with E-state index in [9.17, 15) is 14.5 Å². The molecule has 1 N–H and O–H groups in total. The number of amides is 1. The molecule has 12 nitrogen and oxygen atoms in total. The lowest BCUT2D eigenvalue weighted by Gasteiger charge is -2.41. The van der Waals surface area contributed by atoms with Crippen LogP contribution in [-0.4, -0.2) is 77.2 Å². The summed E-state index contributed by atoms with van der Waals surface area (Å²) >= 11 is 0. The topological polar surface area (TPSA) is 140 Å². The van der Waals surface area contributed by atoms with Crippen molar-refractivity contribution in [1.82, 2.24) is 5.32 Å². The van der Waals surface area contributed by atoms with E-state index in [-0.39, 0.29) is 38.7 Å². The van der Waals surface area contributed by atoms with Gasteiger partial charge in [0, 0.05) is 25.8 Å². The minimum absolute atomic E-state index is 0.0442. The molecule has 0 saturated carbocycles. The molecule has 1 amide bonds. The molecule has 0 radical (unpaired) electrons. The van der Waals surface area contributed by atoms with Gasteiger partial charge in [-0.25, -0.2) is 4.79 Å². The Morgan fingerprint density at radius 2 is 1.31 bits per heavy atom. The molecule has 1 aliphatic carbocycles. The number of ether oxygens (including phenoxy) is 7. The average molecular weight is 801 g/mol. The van der Waals surface area contributed by atoms with Crippen LogP contribution in [0.2, 0.25) is 0 Å². The molecule has 12 heteroatoms. The van der Waals surface area contributed by atoms with Crippen LogP contribution in [0.15, 0.2) is 133 Å². The van der Waals surface area contributed by atoms with Crippen LogP contribution in [0.25, 0.3) is 11.1 Å². The Bertz CT molecular complexity index is 2090. The highest BCUT2D eigenvalue weighted by Gasteiger charge is 2.46. The van der Waals surface area contributed by atoms with E-state index in [2.05, 4.69) is 34.8 Å². The van der Waals surface area contributed by atoms with Gasteiger partial charge in [-0.1, -0.05) is 108 Å². The average Bonchev–Trinajstić information content (AvgIpc) is 3.60. The summed E-state index contributed by atoms with van der Waals surface area (Å²) in [5.41, 5.74) is 5.78. The Morgan fingerprint density at radius 3 is 1.86 bits per heavy atom. The number of alkyl carbamates (subject to hydrolysis) is 1. The minimum Gasteiger partial charge on any atom is -0.497 e. The van der Waals surface area contributed by atoms with Crippen LogP contribution in [0, 0.1) is 4.91 Å². The molecule has 1 saturated heterocycles. The van der Waals surface area contributed by atoms with Crippen LogP contribution < -0.4 is 14.8 Å². The van der Waals surface area contributed by atoms with Crippen molar-refractivity contribution in [3.05, 3.63) is 160 Å². The lowest BCUT2D eigenvalue weighted by atomic mass is 9.80. The van der Waals surface area contributed by atoms with Gasteiger partial charge in [0.1, 0.15) is 35.9 Å². The van der Waals surface area contributed by atoms with Crippen molar-refractivity contribution in [2.45, 2.75) is 55.8 Å². The number of nitrogens with zero attached hydrogens (tertiary/aromatic N) is 1. The minimum atomic E-state index is -1.20. The van der Waals surface area contributed by atoms with Crippen molar-refractivity contribution in [3.63, 3.8) is 0 Å². The SMILES string of the molecule is COc1ccc(C(OC[C@H]2OC(OCCCNC(=O)OCC3c4ccccc4-c4ccccc43)CC(N=O)C2OC(C)=O)(c2ccccc2)c2ccc(OC)cc2)cc1. The maximum Gasteiger partial charge on any atom is 0.407 e. The van der Waals surface area contributed by atoms with Crippen molar-refractivity contribution in [2.24, 2.45) is 5.18 Å². The smallest absolute Gasteiger partial charge is 0.407 e. The molecule has 2 aliphatic rings. The van der Waals surface area contributed by atoms with Crippen LogP contribution >= 0.6 is 0 Å². The molecule has 4 atom stereocenters. The summed E-state index contributed by atoms with van der Waals surface area (Å²) in [6.07, 6.45) is -2.90. The first-order valence-electron chi connectivity index (χ1n) is 19.7. The molecule has 306 valence electrons. The Kier molecular flexibility index (Phi) is 13.3. The molecular formula is C47H48N2O10. The van der Waals surface area contributed by atoms with Gasteiger partial charge >= 0.3 is 12.1 Å². The molecule has 59 heavy (non-hydrogen) atoms. The lowest BCUT2D eigenvalue weighted by Crippen LogP contribution is -2.53.